The van der Waals surface area contributed by atoms with Gasteiger partial charge in [-0.1, -0.05) is 23.7 Å². The first kappa shape index (κ1) is 18.6. The lowest BCUT2D eigenvalue weighted by molar-refractivity contribution is -0.128. The number of hydrogen-bond acceptors (Lipinski definition) is 4. The van der Waals surface area contributed by atoms with Crippen molar-refractivity contribution in [1.82, 2.24) is 10.9 Å². The molecule has 7 heteroatoms. The van der Waals surface area contributed by atoms with E-state index in [1.807, 2.05) is 26.0 Å². The average molecular weight is 363 g/mol. The molecule has 0 aromatic heterocycles. The molecule has 0 fully saturated rings. The summed E-state index contributed by atoms with van der Waals surface area (Å²) in [4.78, 5) is 24.1. The number of nitrogens with one attached hydrogen (secondary N) is 2. The number of carbonyl (C=O) groups is 2. The zero-order chi connectivity index (χ0) is 18.6. The summed E-state index contributed by atoms with van der Waals surface area (Å²) in [6, 6.07) is 9.61. The van der Waals surface area contributed by atoms with Gasteiger partial charge in [0, 0.05) is 5.02 Å². The number of aryl methyl sites for hydroxylation is 1. The fourth-order valence-corrected chi connectivity index (χ4v) is 2.25. The minimum Gasteiger partial charge on any atom is -0.507 e. The molecule has 1 atom stereocenters. The van der Waals surface area contributed by atoms with Crippen LogP contribution in [0.2, 0.25) is 5.02 Å². The number of carbonyl (C=O) groups excluding carboxylic acids is 2. The van der Waals surface area contributed by atoms with E-state index in [9.17, 15) is 14.7 Å². The number of phenolic OH excluding ortho intramolecular Hbond substituents is 1. The lowest BCUT2D eigenvalue weighted by Gasteiger charge is -2.17. The van der Waals surface area contributed by atoms with Gasteiger partial charge >= 0.3 is 0 Å². The Kier molecular flexibility index (Phi) is 5.88. The van der Waals surface area contributed by atoms with Crippen LogP contribution in [0.4, 0.5) is 0 Å². The fourth-order valence-electron chi connectivity index (χ4n) is 2.07. The molecule has 25 heavy (non-hydrogen) atoms. The largest absolute Gasteiger partial charge is 0.507 e. The summed E-state index contributed by atoms with van der Waals surface area (Å²) in [5, 5.41) is 9.97. The summed E-state index contributed by atoms with van der Waals surface area (Å²) in [5.41, 5.74) is 6.43. The Hall–Kier alpha value is -2.73. The number of phenols is 1. The van der Waals surface area contributed by atoms with E-state index in [1.165, 1.54) is 18.2 Å². The van der Waals surface area contributed by atoms with Gasteiger partial charge in [-0.3, -0.25) is 20.4 Å². The zero-order valence-electron chi connectivity index (χ0n) is 14.1. The lowest BCUT2D eigenvalue weighted by atomic mass is 10.1. The predicted octanol–water partition coefficient (Wildman–Crippen LogP) is 2.89. The van der Waals surface area contributed by atoms with Crippen molar-refractivity contribution in [2.45, 2.75) is 26.9 Å². The highest BCUT2D eigenvalue weighted by molar-refractivity contribution is 6.31. The third-order valence-corrected chi connectivity index (χ3v) is 3.97. The second kappa shape index (κ2) is 7.90. The van der Waals surface area contributed by atoms with Crippen molar-refractivity contribution in [2.24, 2.45) is 0 Å². The number of halogens is 1. The van der Waals surface area contributed by atoms with Crippen molar-refractivity contribution < 1.29 is 19.4 Å². The Morgan fingerprint density at radius 2 is 1.88 bits per heavy atom. The highest BCUT2D eigenvalue weighted by Gasteiger charge is 2.18. The summed E-state index contributed by atoms with van der Waals surface area (Å²) in [5.74, 6) is -0.861. The number of hydrogen-bond donors (Lipinski definition) is 3. The third-order valence-electron chi connectivity index (χ3n) is 3.73. The molecule has 0 spiro atoms. The van der Waals surface area contributed by atoms with Crippen LogP contribution in [0.3, 0.4) is 0 Å². The number of rotatable bonds is 4. The minimum atomic E-state index is -0.825. The van der Waals surface area contributed by atoms with Crippen LogP contribution in [0.25, 0.3) is 0 Å². The maximum Gasteiger partial charge on any atom is 0.279 e. The standard InChI is InChI=1S/C18H19ClN2O4/c1-10-5-4-6-16(11(10)2)25-12(3)17(23)20-21-18(24)14-9-13(19)7-8-15(14)22/h4-9,12,22H,1-3H3,(H,20,23)(H,21,24). The summed E-state index contributed by atoms with van der Waals surface area (Å²) in [6.45, 7) is 5.42. The molecule has 2 rings (SSSR count). The van der Waals surface area contributed by atoms with Crippen LogP contribution in [-0.2, 0) is 4.79 Å². The summed E-state index contributed by atoms with van der Waals surface area (Å²) < 4.78 is 5.63. The third kappa shape index (κ3) is 4.64. The van der Waals surface area contributed by atoms with E-state index in [2.05, 4.69) is 10.9 Å². The van der Waals surface area contributed by atoms with E-state index in [0.717, 1.165) is 11.1 Å². The Morgan fingerprint density at radius 1 is 1.16 bits per heavy atom. The van der Waals surface area contributed by atoms with Gasteiger partial charge in [0.15, 0.2) is 6.10 Å². The van der Waals surface area contributed by atoms with Gasteiger partial charge in [-0.2, -0.15) is 0 Å². The highest BCUT2D eigenvalue weighted by Crippen LogP contribution is 2.22. The van der Waals surface area contributed by atoms with Crippen LogP contribution >= 0.6 is 11.6 Å². The molecular formula is C18H19ClN2O4. The van der Waals surface area contributed by atoms with Gasteiger partial charge < -0.3 is 9.84 Å². The maximum atomic E-state index is 12.1. The van der Waals surface area contributed by atoms with E-state index in [-0.39, 0.29) is 11.3 Å². The molecule has 2 amide bonds. The van der Waals surface area contributed by atoms with Crippen molar-refractivity contribution in [3.05, 3.63) is 58.1 Å². The van der Waals surface area contributed by atoms with Gasteiger partial charge in [0.2, 0.25) is 0 Å². The number of hydrazine groups is 1. The van der Waals surface area contributed by atoms with Crippen molar-refractivity contribution in [3.8, 4) is 11.5 Å². The number of benzene rings is 2. The fraction of sp³-hybridized carbons (Fsp3) is 0.222. The molecule has 0 aliphatic heterocycles. The van der Waals surface area contributed by atoms with Crippen molar-refractivity contribution in [3.63, 3.8) is 0 Å². The molecule has 0 saturated heterocycles. The van der Waals surface area contributed by atoms with Crippen LogP contribution in [-0.4, -0.2) is 23.0 Å². The molecule has 0 radical (unpaired) electrons. The molecule has 0 aliphatic carbocycles. The molecular weight excluding hydrogens is 344 g/mol. The Bertz CT molecular complexity index is 808. The molecule has 2 aromatic carbocycles. The molecule has 2 aromatic rings. The summed E-state index contributed by atoms with van der Waals surface area (Å²) in [7, 11) is 0. The van der Waals surface area contributed by atoms with Gasteiger partial charge in [0.25, 0.3) is 11.8 Å². The Morgan fingerprint density at radius 3 is 2.60 bits per heavy atom. The summed E-state index contributed by atoms with van der Waals surface area (Å²) in [6.07, 6.45) is -0.825. The first-order valence-corrected chi connectivity index (χ1v) is 7.99. The van der Waals surface area contributed by atoms with Crippen molar-refractivity contribution in [2.75, 3.05) is 0 Å². The van der Waals surface area contributed by atoms with Crippen molar-refractivity contribution >= 4 is 23.4 Å². The molecule has 6 nitrogen and oxygen atoms in total. The normalized spacial score (nSPS) is 11.5. The van der Waals surface area contributed by atoms with Crippen LogP contribution in [0.1, 0.15) is 28.4 Å². The van der Waals surface area contributed by atoms with Crippen LogP contribution in [0.15, 0.2) is 36.4 Å². The molecule has 132 valence electrons. The molecule has 1 unspecified atom stereocenters. The van der Waals surface area contributed by atoms with Crippen LogP contribution < -0.4 is 15.6 Å². The maximum absolute atomic E-state index is 12.1. The first-order valence-electron chi connectivity index (χ1n) is 7.61. The molecule has 0 bridgehead atoms. The molecule has 0 saturated carbocycles. The lowest BCUT2D eigenvalue weighted by Crippen LogP contribution is -2.47. The van der Waals surface area contributed by atoms with Gasteiger partial charge in [-0.15, -0.1) is 0 Å². The van der Waals surface area contributed by atoms with E-state index in [1.54, 1.807) is 13.0 Å². The van der Waals surface area contributed by atoms with Crippen molar-refractivity contribution in [1.29, 1.82) is 0 Å². The van der Waals surface area contributed by atoms with E-state index in [0.29, 0.717) is 10.8 Å². The Labute approximate surface area is 150 Å². The predicted molar refractivity (Wildman–Crippen MR) is 94.7 cm³/mol. The van der Waals surface area contributed by atoms with E-state index >= 15 is 0 Å². The van der Waals surface area contributed by atoms with Gasteiger partial charge in [-0.25, -0.2) is 0 Å². The summed E-state index contributed by atoms with van der Waals surface area (Å²) >= 11 is 5.79. The first-order chi connectivity index (χ1) is 11.8. The quantitative estimate of drug-likeness (QED) is 0.730. The Balaban J connectivity index is 1.96. The van der Waals surface area contributed by atoms with E-state index in [4.69, 9.17) is 16.3 Å². The van der Waals surface area contributed by atoms with Gasteiger partial charge in [0.05, 0.1) is 5.56 Å². The molecule has 0 aliphatic rings. The smallest absolute Gasteiger partial charge is 0.279 e. The van der Waals surface area contributed by atoms with Crippen LogP contribution in [0, 0.1) is 13.8 Å². The van der Waals surface area contributed by atoms with E-state index < -0.39 is 17.9 Å². The zero-order valence-corrected chi connectivity index (χ0v) is 14.8. The highest BCUT2D eigenvalue weighted by atomic mass is 35.5. The average Bonchev–Trinajstić information content (AvgIpc) is 2.58. The number of amides is 2. The second-order valence-corrected chi connectivity index (χ2v) is 6.00. The van der Waals surface area contributed by atoms with Gasteiger partial charge in [-0.05, 0) is 56.2 Å². The second-order valence-electron chi connectivity index (χ2n) is 5.56. The van der Waals surface area contributed by atoms with Crippen LogP contribution in [0.5, 0.6) is 11.5 Å². The SMILES string of the molecule is Cc1cccc(OC(C)C(=O)NNC(=O)c2cc(Cl)ccc2O)c1C. The number of aromatic hydroxyl groups is 1. The molecule has 3 N–H and O–H groups in total. The minimum absolute atomic E-state index is 0.0455. The number of ether oxygens (including phenoxy) is 1. The monoisotopic (exact) mass is 362 g/mol. The topological polar surface area (TPSA) is 87.7 Å². The molecule has 0 heterocycles. The van der Waals surface area contributed by atoms with Gasteiger partial charge in [0.1, 0.15) is 11.5 Å².